The molecule has 32 heavy (non-hydrogen) atoms. The minimum atomic E-state index is 0.0363. The van der Waals surface area contributed by atoms with Gasteiger partial charge in [0.15, 0.2) is 0 Å². The first-order chi connectivity index (χ1) is 15.7. The second-order valence-electron chi connectivity index (χ2n) is 8.47. The third kappa shape index (κ3) is 3.51. The van der Waals surface area contributed by atoms with Crippen LogP contribution in [0.25, 0.3) is 10.2 Å². The smallest absolute Gasteiger partial charge is 0.226 e. The zero-order chi connectivity index (χ0) is 21.7. The lowest BCUT2D eigenvalue weighted by molar-refractivity contribution is -0.143. The van der Waals surface area contributed by atoms with Gasteiger partial charge in [-0.05, 0) is 61.9 Å². The predicted molar refractivity (Wildman–Crippen MR) is 127 cm³/mol. The van der Waals surface area contributed by atoms with Gasteiger partial charge >= 0.3 is 0 Å². The van der Waals surface area contributed by atoms with Crippen molar-refractivity contribution in [1.82, 2.24) is 19.7 Å². The number of carbonyl (C=O) groups is 1. The van der Waals surface area contributed by atoms with Crippen LogP contribution in [-0.4, -0.2) is 46.6 Å². The Morgan fingerprint density at radius 3 is 3.19 bits per heavy atom. The first-order valence-electron chi connectivity index (χ1n) is 10.9. The maximum absolute atomic E-state index is 13.2. The average Bonchev–Trinajstić information content (AvgIpc) is 3.42. The Morgan fingerprint density at radius 1 is 1.34 bits per heavy atom. The number of anilines is 3. The highest BCUT2D eigenvalue weighted by Gasteiger charge is 2.34. The molecule has 0 spiro atoms. The highest BCUT2D eigenvalue weighted by Crippen LogP contribution is 2.41. The standard InChI is InChI=1S/C22H24N6O2S2/c1-12-10-30-7-6-28(12)22(29)13-2-4-15-17(8-13)31-21-19(15)20(23-11-24-21)25-14-3-5-16-18(9-14)32-27-26-16/h3,5,9,11-13,26-27H,2,4,6-8,10H2,1H3,(H,23,24,25)/t12-,13+/m1/s1. The van der Waals surface area contributed by atoms with Crippen LogP contribution in [0.15, 0.2) is 29.4 Å². The summed E-state index contributed by atoms with van der Waals surface area (Å²) >= 11 is 3.26. The van der Waals surface area contributed by atoms with Crippen molar-refractivity contribution in [2.75, 3.05) is 30.5 Å². The molecule has 2 aromatic heterocycles. The first kappa shape index (κ1) is 20.2. The number of hydrogen-bond acceptors (Lipinski definition) is 9. The van der Waals surface area contributed by atoms with Crippen molar-refractivity contribution in [3.05, 3.63) is 35.0 Å². The van der Waals surface area contributed by atoms with Gasteiger partial charge in [-0.15, -0.1) is 11.3 Å². The molecule has 2 aliphatic heterocycles. The Hall–Kier alpha value is -2.40. The molecule has 1 fully saturated rings. The molecule has 0 unspecified atom stereocenters. The molecule has 0 saturated carbocycles. The number of thiophene rings is 1. The Morgan fingerprint density at radius 2 is 2.28 bits per heavy atom. The molecule has 1 aromatic carbocycles. The summed E-state index contributed by atoms with van der Waals surface area (Å²) in [4.78, 5) is 30.8. The Balaban J connectivity index is 1.28. The number of nitrogens with one attached hydrogen (secondary N) is 3. The molecule has 0 radical (unpaired) electrons. The van der Waals surface area contributed by atoms with Crippen molar-refractivity contribution in [3.8, 4) is 0 Å². The van der Waals surface area contributed by atoms with Crippen LogP contribution in [0.3, 0.4) is 0 Å². The van der Waals surface area contributed by atoms with E-state index in [9.17, 15) is 4.79 Å². The number of ether oxygens (including phenoxy) is 1. The van der Waals surface area contributed by atoms with Crippen molar-refractivity contribution in [2.45, 2.75) is 37.1 Å². The van der Waals surface area contributed by atoms with Crippen LogP contribution in [0.4, 0.5) is 17.2 Å². The third-order valence-electron chi connectivity index (χ3n) is 6.44. The van der Waals surface area contributed by atoms with Crippen LogP contribution >= 0.6 is 23.3 Å². The topological polar surface area (TPSA) is 91.4 Å². The van der Waals surface area contributed by atoms with Crippen molar-refractivity contribution >= 4 is 56.6 Å². The van der Waals surface area contributed by atoms with Crippen molar-refractivity contribution in [3.63, 3.8) is 0 Å². The third-order valence-corrected chi connectivity index (χ3v) is 8.36. The summed E-state index contributed by atoms with van der Waals surface area (Å²) in [5.74, 6) is 1.14. The number of aryl methyl sites for hydroxylation is 1. The van der Waals surface area contributed by atoms with E-state index < -0.39 is 0 Å². The lowest BCUT2D eigenvalue weighted by Crippen LogP contribution is -2.50. The Kier molecular flexibility index (Phi) is 5.17. The average molecular weight is 469 g/mol. The van der Waals surface area contributed by atoms with E-state index in [1.807, 2.05) is 11.0 Å². The number of benzene rings is 1. The molecule has 3 aliphatic rings. The summed E-state index contributed by atoms with van der Waals surface area (Å²) in [6.45, 7) is 4.03. The van der Waals surface area contributed by atoms with E-state index in [0.29, 0.717) is 19.8 Å². The lowest BCUT2D eigenvalue weighted by Gasteiger charge is -2.36. The SMILES string of the molecule is C[C@@H]1COCCN1C(=O)[C@H]1CCc2c(sc3ncnc(Nc4ccc5c(c4)SNN5)c23)C1. The van der Waals surface area contributed by atoms with E-state index >= 15 is 0 Å². The molecule has 8 nitrogen and oxygen atoms in total. The Labute approximate surface area is 194 Å². The van der Waals surface area contributed by atoms with Gasteiger partial charge in [0.25, 0.3) is 0 Å². The normalized spacial score (nSPS) is 22.3. The van der Waals surface area contributed by atoms with E-state index in [0.717, 1.165) is 51.6 Å². The minimum absolute atomic E-state index is 0.0363. The largest absolute Gasteiger partial charge is 0.377 e. The zero-order valence-corrected chi connectivity index (χ0v) is 19.3. The second kappa shape index (κ2) is 8.18. The van der Waals surface area contributed by atoms with Crippen LogP contribution in [0, 0.1) is 5.92 Å². The summed E-state index contributed by atoms with van der Waals surface area (Å²) in [6.07, 6.45) is 4.14. The molecule has 1 amide bonds. The molecule has 2 atom stereocenters. The fourth-order valence-electron chi connectivity index (χ4n) is 4.76. The molecular formula is C22H24N6O2S2. The molecule has 6 rings (SSSR count). The molecule has 0 bridgehead atoms. The predicted octanol–water partition coefficient (Wildman–Crippen LogP) is 3.72. The summed E-state index contributed by atoms with van der Waals surface area (Å²) in [5, 5.41) is 4.60. The fourth-order valence-corrected chi connectivity index (χ4v) is 6.72. The number of fused-ring (bicyclic) bond motifs is 4. The van der Waals surface area contributed by atoms with Gasteiger partial charge in [0.1, 0.15) is 17.0 Å². The van der Waals surface area contributed by atoms with E-state index in [-0.39, 0.29) is 17.9 Å². The molecule has 10 heteroatoms. The van der Waals surface area contributed by atoms with Gasteiger partial charge in [-0.25, -0.2) is 9.97 Å². The van der Waals surface area contributed by atoms with E-state index in [1.165, 1.54) is 10.4 Å². The van der Waals surface area contributed by atoms with Crippen molar-refractivity contribution < 1.29 is 9.53 Å². The molecular weight excluding hydrogens is 444 g/mol. The first-order valence-corrected chi connectivity index (χ1v) is 12.5. The molecule has 1 saturated heterocycles. The fraction of sp³-hybridized carbons (Fsp3) is 0.409. The van der Waals surface area contributed by atoms with Crippen LogP contribution in [0.5, 0.6) is 0 Å². The minimum Gasteiger partial charge on any atom is -0.377 e. The summed E-state index contributed by atoms with van der Waals surface area (Å²) in [7, 11) is 0. The van der Waals surface area contributed by atoms with Crippen LogP contribution in [0.2, 0.25) is 0 Å². The number of hydrogen-bond donors (Lipinski definition) is 3. The van der Waals surface area contributed by atoms with Gasteiger partial charge in [-0.1, -0.05) is 0 Å². The summed E-state index contributed by atoms with van der Waals surface area (Å²) in [5.41, 5.74) is 6.49. The van der Waals surface area contributed by atoms with Gasteiger partial charge in [0.2, 0.25) is 5.91 Å². The van der Waals surface area contributed by atoms with E-state index in [1.54, 1.807) is 29.6 Å². The van der Waals surface area contributed by atoms with Gasteiger partial charge < -0.3 is 20.4 Å². The van der Waals surface area contributed by atoms with Crippen LogP contribution < -0.4 is 15.6 Å². The Bertz CT molecular complexity index is 1200. The maximum Gasteiger partial charge on any atom is 0.226 e. The van der Waals surface area contributed by atoms with E-state index in [2.05, 4.69) is 44.6 Å². The van der Waals surface area contributed by atoms with Gasteiger partial charge in [0, 0.05) is 23.0 Å². The number of aromatic nitrogens is 2. The molecule has 1 aliphatic carbocycles. The lowest BCUT2D eigenvalue weighted by atomic mass is 9.86. The molecule has 166 valence electrons. The number of amides is 1. The zero-order valence-electron chi connectivity index (χ0n) is 17.7. The van der Waals surface area contributed by atoms with Gasteiger partial charge in [0.05, 0.1) is 35.2 Å². The number of nitrogens with zero attached hydrogens (tertiary/aromatic N) is 3. The molecule has 4 heterocycles. The summed E-state index contributed by atoms with van der Waals surface area (Å²) in [6, 6.07) is 6.36. The molecule has 3 N–H and O–H groups in total. The highest BCUT2D eigenvalue weighted by molar-refractivity contribution is 7.98. The number of hydrazine groups is 1. The quantitative estimate of drug-likeness (QED) is 0.501. The number of rotatable bonds is 3. The van der Waals surface area contributed by atoms with E-state index in [4.69, 9.17) is 4.74 Å². The highest BCUT2D eigenvalue weighted by atomic mass is 32.2. The maximum atomic E-state index is 13.2. The number of carbonyl (C=O) groups excluding carboxylic acids is 1. The van der Waals surface area contributed by atoms with Crippen molar-refractivity contribution in [2.24, 2.45) is 5.92 Å². The number of morpholine rings is 1. The van der Waals surface area contributed by atoms with Crippen LogP contribution in [0.1, 0.15) is 23.8 Å². The monoisotopic (exact) mass is 468 g/mol. The summed E-state index contributed by atoms with van der Waals surface area (Å²) < 4.78 is 5.51. The second-order valence-corrected chi connectivity index (χ2v) is 10.4. The van der Waals surface area contributed by atoms with Gasteiger partial charge in [-0.3, -0.25) is 4.79 Å². The van der Waals surface area contributed by atoms with Crippen LogP contribution in [-0.2, 0) is 22.4 Å². The van der Waals surface area contributed by atoms with Gasteiger partial charge in [-0.2, -0.15) is 4.83 Å². The van der Waals surface area contributed by atoms with Crippen molar-refractivity contribution in [1.29, 1.82) is 0 Å². The molecule has 3 aromatic rings.